The smallest absolute Gasteiger partial charge is 0.144 e. The van der Waals surface area contributed by atoms with E-state index in [0.717, 1.165) is 41.9 Å². The Hall–Kier alpha value is -1.38. The summed E-state index contributed by atoms with van der Waals surface area (Å²) in [5, 5.41) is 3.52. The number of hydrogen-bond donors (Lipinski definition) is 2. The molecule has 1 aliphatic rings. The predicted octanol–water partition coefficient (Wildman–Crippen LogP) is 4.69. The van der Waals surface area contributed by atoms with E-state index in [2.05, 4.69) is 19.2 Å². The average molecular weight is 290 g/mol. The lowest BCUT2D eigenvalue weighted by Crippen LogP contribution is -2.16. The van der Waals surface area contributed by atoms with Crippen molar-refractivity contribution in [2.24, 2.45) is 11.8 Å². The number of hydrogen-bond acceptors (Lipinski definition) is 3. The summed E-state index contributed by atoms with van der Waals surface area (Å²) < 4.78 is 5.67. The maximum absolute atomic E-state index is 5.94. The summed E-state index contributed by atoms with van der Waals surface area (Å²) in [5.74, 6) is 2.60. The summed E-state index contributed by atoms with van der Waals surface area (Å²) in [6, 6.07) is 5.99. The largest absolute Gasteiger partial charge is 0.491 e. The number of anilines is 2. The van der Waals surface area contributed by atoms with Gasteiger partial charge in [-0.3, -0.25) is 0 Å². The molecule has 3 N–H and O–H groups in total. The van der Waals surface area contributed by atoms with E-state index in [4.69, 9.17) is 10.5 Å². The van der Waals surface area contributed by atoms with Gasteiger partial charge in [0.05, 0.1) is 12.3 Å². The highest BCUT2D eigenvalue weighted by molar-refractivity contribution is 5.61. The Kier molecular flexibility index (Phi) is 6.21. The van der Waals surface area contributed by atoms with E-state index in [0.29, 0.717) is 6.61 Å². The van der Waals surface area contributed by atoms with Crippen LogP contribution in [0.1, 0.15) is 52.4 Å². The van der Waals surface area contributed by atoms with Crippen LogP contribution in [-0.4, -0.2) is 13.2 Å². The molecule has 0 aromatic heterocycles. The minimum absolute atomic E-state index is 0.716. The van der Waals surface area contributed by atoms with Gasteiger partial charge in [-0.05, 0) is 43.2 Å². The van der Waals surface area contributed by atoms with Crippen molar-refractivity contribution in [3.05, 3.63) is 18.2 Å². The summed E-state index contributed by atoms with van der Waals surface area (Å²) in [7, 11) is 0. The van der Waals surface area contributed by atoms with E-state index in [-0.39, 0.29) is 0 Å². The van der Waals surface area contributed by atoms with Crippen LogP contribution in [0.25, 0.3) is 0 Å². The van der Waals surface area contributed by atoms with E-state index in [1.807, 2.05) is 18.2 Å². The molecule has 21 heavy (non-hydrogen) atoms. The van der Waals surface area contributed by atoms with Crippen molar-refractivity contribution in [3.8, 4) is 5.75 Å². The summed E-state index contributed by atoms with van der Waals surface area (Å²) in [6.07, 6.45) is 7.88. The Bertz CT molecular complexity index is 433. The second-order valence-corrected chi connectivity index (χ2v) is 6.45. The highest BCUT2D eigenvalue weighted by atomic mass is 16.5. The SMILES string of the molecule is CCCOc1cc(NCCC2CCCC(C)C2)ccc1N. The summed E-state index contributed by atoms with van der Waals surface area (Å²) in [6.45, 7) is 6.24. The van der Waals surface area contributed by atoms with E-state index in [1.165, 1.54) is 32.1 Å². The first-order valence-electron chi connectivity index (χ1n) is 8.45. The minimum Gasteiger partial charge on any atom is -0.491 e. The molecule has 0 amide bonds. The van der Waals surface area contributed by atoms with E-state index in [9.17, 15) is 0 Å². The number of nitrogen functional groups attached to an aromatic ring is 1. The van der Waals surface area contributed by atoms with Crippen LogP contribution in [0, 0.1) is 11.8 Å². The Morgan fingerprint density at radius 3 is 2.95 bits per heavy atom. The lowest BCUT2D eigenvalue weighted by molar-refractivity contribution is 0.274. The van der Waals surface area contributed by atoms with Crippen LogP contribution in [0.3, 0.4) is 0 Å². The fraction of sp³-hybridized carbons (Fsp3) is 0.667. The topological polar surface area (TPSA) is 47.3 Å². The summed E-state index contributed by atoms with van der Waals surface area (Å²) in [4.78, 5) is 0. The van der Waals surface area contributed by atoms with E-state index < -0.39 is 0 Å². The third-order valence-electron chi connectivity index (χ3n) is 4.40. The highest BCUT2D eigenvalue weighted by Gasteiger charge is 2.18. The zero-order valence-electron chi connectivity index (χ0n) is 13.5. The first-order valence-corrected chi connectivity index (χ1v) is 8.45. The number of benzene rings is 1. The molecule has 1 fully saturated rings. The molecule has 3 nitrogen and oxygen atoms in total. The van der Waals surface area contributed by atoms with Crippen molar-refractivity contribution in [1.29, 1.82) is 0 Å². The lowest BCUT2D eigenvalue weighted by Gasteiger charge is -2.26. The third-order valence-corrected chi connectivity index (χ3v) is 4.40. The molecule has 3 heteroatoms. The normalized spacial score (nSPS) is 22.0. The molecule has 1 aromatic rings. The molecule has 2 rings (SSSR count). The van der Waals surface area contributed by atoms with Gasteiger partial charge in [-0.1, -0.05) is 33.1 Å². The van der Waals surface area contributed by atoms with Crippen LogP contribution in [0.5, 0.6) is 5.75 Å². The van der Waals surface area contributed by atoms with Gasteiger partial charge in [0.25, 0.3) is 0 Å². The molecule has 0 bridgehead atoms. The molecule has 2 unspecified atom stereocenters. The van der Waals surface area contributed by atoms with Gasteiger partial charge in [-0.2, -0.15) is 0 Å². The molecule has 1 aliphatic carbocycles. The molecule has 1 saturated carbocycles. The van der Waals surface area contributed by atoms with Gasteiger partial charge in [0.2, 0.25) is 0 Å². The van der Waals surface area contributed by atoms with Crippen molar-refractivity contribution in [2.45, 2.75) is 52.4 Å². The maximum Gasteiger partial charge on any atom is 0.144 e. The Morgan fingerprint density at radius 1 is 1.33 bits per heavy atom. The summed E-state index contributed by atoms with van der Waals surface area (Å²) >= 11 is 0. The first-order chi connectivity index (χ1) is 10.2. The Labute approximate surface area is 129 Å². The Morgan fingerprint density at radius 2 is 2.19 bits per heavy atom. The van der Waals surface area contributed by atoms with Gasteiger partial charge in [0.15, 0.2) is 0 Å². The van der Waals surface area contributed by atoms with Crippen LogP contribution in [0.15, 0.2) is 18.2 Å². The zero-order chi connectivity index (χ0) is 15.1. The first kappa shape index (κ1) is 16.0. The van der Waals surface area contributed by atoms with Crippen LogP contribution in [0.4, 0.5) is 11.4 Å². The van der Waals surface area contributed by atoms with Crippen molar-refractivity contribution in [1.82, 2.24) is 0 Å². The number of nitrogens with two attached hydrogens (primary N) is 1. The van der Waals surface area contributed by atoms with Crippen molar-refractivity contribution in [2.75, 3.05) is 24.2 Å². The second kappa shape index (κ2) is 8.16. The standard InChI is InChI=1S/C18H30N2O/c1-3-11-21-18-13-16(7-8-17(18)19)20-10-9-15-6-4-5-14(2)12-15/h7-8,13-15,20H,3-6,9-12,19H2,1-2H3. The quantitative estimate of drug-likeness (QED) is 0.716. The second-order valence-electron chi connectivity index (χ2n) is 6.45. The number of rotatable bonds is 7. The van der Waals surface area contributed by atoms with Crippen LogP contribution < -0.4 is 15.8 Å². The van der Waals surface area contributed by atoms with Gasteiger partial charge in [-0.25, -0.2) is 0 Å². The van der Waals surface area contributed by atoms with Crippen molar-refractivity contribution < 1.29 is 4.74 Å². The average Bonchev–Trinajstić information content (AvgIpc) is 2.48. The number of nitrogens with one attached hydrogen (secondary N) is 1. The molecule has 2 atom stereocenters. The van der Waals surface area contributed by atoms with E-state index in [1.54, 1.807) is 0 Å². The molecule has 0 radical (unpaired) electrons. The molecular formula is C18H30N2O. The molecule has 0 heterocycles. The third kappa shape index (κ3) is 5.14. The lowest BCUT2D eigenvalue weighted by atomic mass is 9.81. The molecule has 1 aromatic carbocycles. The predicted molar refractivity (Wildman–Crippen MR) is 90.9 cm³/mol. The molecular weight excluding hydrogens is 260 g/mol. The highest BCUT2D eigenvalue weighted by Crippen LogP contribution is 2.31. The van der Waals surface area contributed by atoms with Crippen LogP contribution >= 0.6 is 0 Å². The van der Waals surface area contributed by atoms with Gasteiger partial charge >= 0.3 is 0 Å². The van der Waals surface area contributed by atoms with Gasteiger partial charge in [0, 0.05) is 18.3 Å². The van der Waals surface area contributed by atoms with Gasteiger partial charge in [-0.15, -0.1) is 0 Å². The molecule has 0 spiro atoms. The van der Waals surface area contributed by atoms with Crippen LogP contribution in [-0.2, 0) is 0 Å². The van der Waals surface area contributed by atoms with Crippen molar-refractivity contribution in [3.63, 3.8) is 0 Å². The molecule has 118 valence electrons. The van der Waals surface area contributed by atoms with Crippen molar-refractivity contribution >= 4 is 11.4 Å². The Balaban J connectivity index is 1.79. The monoisotopic (exact) mass is 290 g/mol. The molecule has 0 saturated heterocycles. The minimum atomic E-state index is 0.716. The van der Waals surface area contributed by atoms with Crippen LogP contribution in [0.2, 0.25) is 0 Å². The van der Waals surface area contributed by atoms with Gasteiger partial charge < -0.3 is 15.8 Å². The van der Waals surface area contributed by atoms with Gasteiger partial charge in [0.1, 0.15) is 5.75 Å². The van der Waals surface area contributed by atoms with E-state index >= 15 is 0 Å². The molecule has 0 aliphatic heterocycles. The zero-order valence-corrected chi connectivity index (χ0v) is 13.5. The number of ether oxygens (including phenoxy) is 1. The summed E-state index contributed by atoms with van der Waals surface area (Å²) in [5.41, 5.74) is 7.77. The fourth-order valence-electron chi connectivity index (χ4n) is 3.22. The maximum atomic E-state index is 5.94. The fourth-order valence-corrected chi connectivity index (χ4v) is 3.22.